The molecule has 0 saturated carbocycles. The summed E-state index contributed by atoms with van der Waals surface area (Å²) < 4.78 is 0. The quantitative estimate of drug-likeness (QED) is 0.251. The second kappa shape index (κ2) is 13.1. The van der Waals surface area contributed by atoms with E-state index in [-0.39, 0.29) is 35.9 Å². The van der Waals surface area contributed by atoms with E-state index in [1.54, 1.807) is 4.90 Å². The molecule has 1 fully saturated rings. The molecule has 1 aromatic rings. The third-order valence-electron chi connectivity index (χ3n) is 5.19. The van der Waals surface area contributed by atoms with Gasteiger partial charge in [0.2, 0.25) is 5.91 Å². The van der Waals surface area contributed by atoms with Crippen molar-refractivity contribution in [2.24, 2.45) is 4.99 Å². The second-order valence-corrected chi connectivity index (χ2v) is 7.86. The summed E-state index contributed by atoms with van der Waals surface area (Å²) in [7, 11) is 5.76. The van der Waals surface area contributed by atoms with Crippen molar-refractivity contribution in [1.29, 1.82) is 0 Å². The lowest BCUT2D eigenvalue weighted by atomic mass is 10.1. The topological polar surface area (TPSA) is 51.2 Å². The molecule has 1 aromatic carbocycles. The lowest BCUT2D eigenvalue weighted by Crippen LogP contribution is -2.43. The van der Waals surface area contributed by atoms with Gasteiger partial charge in [0.15, 0.2) is 5.96 Å². The number of carbonyl (C=O) groups is 1. The molecule has 0 radical (unpaired) electrons. The lowest BCUT2D eigenvalue weighted by molar-refractivity contribution is -0.133. The minimum Gasteiger partial charge on any atom is -0.357 e. The van der Waals surface area contributed by atoms with Crippen LogP contribution in [-0.4, -0.2) is 79.9 Å². The zero-order chi connectivity index (χ0) is 20.5. The number of likely N-dealkylation sites (tertiary alicyclic amines) is 1. The predicted octanol–water partition coefficient (Wildman–Crippen LogP) is 2.95. The van der Waals surface area contributed by atoms with Gasteiger partial charge < -0.3 is 15.1 Å². The molecule has 1 aliphatic rings. The molecule has 1 atom stereocenters. The van der Waals surface area contributed by atoms with Gasteiger partial charge in [-0.3, -0.25) is 14.7 Å². The largest absolute Gasteiger partial charge is 0.357 e. The van der Waals surface area contributed by atoms with Gasteiger partial charge in [0, 0.05) is 47.3 Å². The minimum atomic E-state index is 0. The van der Waals surface area contributed by atoms with Gasteiger partial charge in [-0.15, -0.1) is 24.0 Å². The number of aryl methyl sites for hydroxylation is 1. The van der Waals surface area contributed by atoms with E-state index in [1.807, 2.05) is 14.1 Å². The van der Waals surface area contributed by atoms with Crippen molar-refractivity contribution < 1.29 is 4.79 Å². The van der Waals surface area contributed by atoms with Crippen LogP contribution < -0.4 is 5.32 Å². The number of amides is 1. The van der Waals surface area contributed by atoms with Crippen LogP contribution in [0.5, 0.6) is 0 Å². The number of aliphatic imine (C=N–C) groups is 1. The van der Waals surface area contributed by atoms with E-state index in [0.29, 0.717) is 0 Å². The third-order valence-corrected chi connectivity index (χ3v) is 5.19. The highest BCUT2D eigenvalue weighted by Crippen LogP contribution is 2.18. The predicted molar refractivity (Wildman–Crippen MR) is 132 cm³/mol. The van der Waals surface area contributed by atoms with Gasteiger partial charge in [-0.2, -0.15) is 0 Å². The number of rotatable bonds is 8. The fourth-order valence-electron chi connectivity index (χ4n) is 3.64. The first-order valence-corrected chi connectivity index (χ1v) is 10.4. The van der Waals surface area contributed by atoms with Gasteiger partial charge in [-0.05, 0) is 45.2 Å². The summed E-state index contributed by atoms with van der Waals surface area (Å²) in [5, 5.41) is 3.39. The Morgan fingerprint density at radius 3 is 2.55 bits per heavy atom. The molecule has 0 spiro atoms. The van der Waals surface area contributed by atoms with Crippen LogP contribution in [0.25, 0.3) is 0 Å². The van der Waals surface area contributed by atoms with E-state index in [9.17, 15) is 4.79 Å². The summed E-state index contributed by atoms with van der Waals surface area (Å²) in [4.78, 5) is 23.3. The summed E-state index contributed by atoms with van der Waals surface area (Å²) in [6.45, 7) is 8.59. The Labute approximate surface area is 193 Å². The highest BCUT2D eigenvalue weighted by atomic mass is 127. The highest BCUT2D eigenvalue weighted by molar-refractivity contribution is 14.0. The van der Waals surface area contributed by atoms with E-state index in [1.165, 1.54) is 11.1 Å². The first-order valence-electron chi connectivity index (χ1n) is 10.4. The monoisotopic (exact) mass is 515 g/mol. The van der Waals surface area contributed by atoms with Crippen molar-refractivity contribution in [2.75, 3.05) is 47.3 Å². The fourth-order valence-corrected chi connectivity index (χ4v) is 3.64. The molecule has 1 saturated heterocycles. The highest BCUT2D eigenvalue weighted by Gasteiger charge is 2.30. The van der Waals surface area contributed by atoms with Crippen LogP contribution in [0.3, 0.4) is 0 Å². The van der Waals surface area contributed by atoms with Crippen LogP contribution >= 0.6 is 24.0 Å². The first-order chi connectivity index (χ1) is 13.4. The summed E-state index contributed by atoms with van der Waals surface area (Å²) >= 11 is 0. The number of likely N-dealkylation sites (N-methyl/N-ethyl adjacent to an activating group) is 1. The second-order valence-electron chi connectivity index (χ2n) is 7.86. The molecule has 7 heteroatoms. The number of hydrogen-bond donors (Lipinski definition) is 1. The van der Waals surface area contributed by atoms with Crippen molar-refractivity contribution in [3.05, 3.63) is 35.4 Å². The molecule has 0 bridgehead atoms. The Hall–Kier alpha value is -1.35. The van der Waals surface area contributed by atoms with Gasteiger partial charge in [0.25, 0.3) is 0 Å². The Morgan fingerprint density at radius 1 is 1.24 bits per heavy atom. The van der Waals surface area contributed by atoms with Crippen LogP contribution in [0.2, 0.25) is 0 Å². The molecule has 2 rings (SSSR count). The number of nitrogens with one attached hydrogen (secondary N) is 1. The fraction of sp³-hybridized carbons (Fsp3) is 0.636. The van der Waals surface area contributed by atoms with E-state index < -0.39 is 0 Å². The summed E-state index contributed by atoms with van der Waals surface area (Å²) in [6.07, 6.45) is 3.04. The van der Waals surface area contributed by atoms with E-state index in [0.717, 1.165) is 57.9 Å². The van der Waals surface area contributed by atoms with Crippen LogP contribution in [0, 0.1) is 6.92 Å². The molecule has 1 amide bonds. The number of guanidine groups is 1. The molecule has 1 aliphatic heterocycles. The van der Waals surface area contributed by atoms with Crippen LogP contribution in [0.1, 0.15) is 37.3 Å². The van der Waals surface area contributed by atoms with Crippen LogP contribution in [0.4, 0.5) is 0 Å². The molecule has 6 nitrogen and oxygen atoms in total. The van der Waals surface area contributed by atoms with E-state index in [4.69, 9.17) is 4.99 Å². The van der Waals surface area contributed by atoms with Gasteiger partial charge in [0.1, 0.15) is 0 Å². The average molecular weight is 515 g/mol. The standard InChI is InChI=1S/C22H37N5O.HI/c1-6-23-22(26(5)17-19-12-10-18(2)11-13-19)24-14-8-16-27-15-7-9-20(27)21(28)25(3)4;/h10-13,20H,6-9,14-17H2,1-5H3,(H,23,24);1H. The molecule has 1 unspecified atom stereocenters. The number of carbonyl (C=O) groups excluding carboxylic acids is 1. The van der Waals surface area contributed by atoms with Gasteiger partial charge in [-0.25, -0.2) is 0 Å². The normalized spacial score (nSPS) is 17.0. The van der Waals surface area contributed by atoms with E-state index >= 15 is 0 Å². The Balaban J connectivity index is 0.00000420. The van der Waals surface area contributed by atoms with Crippen LogP contribution in [0.15, 0.2) is 29.3 Å². The molecule has 1 N–H and O–H groups in total. The van der Waals surface area contributed by atoms with Gasteiger partial charge >= 0.3 is 0 Å². The first kappa shape index (κ1) is 25.7. The molecule has 0 aliphatic carbocycles. The van der Waals surface area contributed by atoms with Crippen molar-refractivity contribution in [1.82, 2.24) is 20.0 Å². The average Bonchev–Trinajstić information content (AvgIpc) is 3.13. The number of halogens is 1. The van der Waals surface area contributed by atoms with Crippen molar-refractivity contribution >= 4 is 35.8 Å². The van der Waals surface area contributed by atoms with Crippen LogP contribution in [-0.2, 0) is 11.3 Å². The minimum absolute atomic E-state index is 0. The Morgan fingerprint density at radius 2 is 1.93 bits per heavy atom. The number of hydrogen-bond acceptors (Lipinski definition) is 3. The smallest absolute Gasteiger partial charge is 0.239 e. The zero-order valence-electron chi connectivity index (χ0n) is 18.6. The summed E-state index contributed by atoms with van der Waals surface area (Å²) in [5.41, 5.74) is 2.56. The zero-order valence-corrected chi connectivity index (χ0v) is 21.0. The lowest BCUT2D eigenvalue weighted by Gasteiger charge is -2.26. The number of benzene rings is 1. The van der Waals surface area contributed by atoms with Crippen molar-refractivity contribution in [2.45, 2.75) is 45.7 Å². The summed E-state index contributed by atoms with van der Waals surface area (Å²) in [5.74, 6) is 1.16. The molecule has 29 heavy (non-hydrogen) atoms. The maximum atomic E-state index is 12.3. The van der Waals surface area contributed by atoms with Gasteiger partial charge in [-0.1, -0.05) is 29.8 Å². The Kier molecular flexibility index (Phi) is 11.6. The Bertz CT molecular complexity index is 647. The molecular formula is C22H38IN5O. The maximum Gasteiger partial charge on any atom is 0.239 e. The van der Waals surface area contributed by atoms with Crippen molar-refractivity contribution in [3.8, 4) is 0 Å². The summed E-state index contributed by atoms with van der Waals surface area (Å²) in [6, 6.07) is 8.69. The van der Waals surface area contributed by atoms with Gasteiger partial charge in [0.05, 0.1) is 6.04 Å². The molecular weight excluding hydrogens is 477 g/mol. The molecule has 1 heterocycles. The molecule has 0 aromatic heterocycles. The molecule has 164 valence electrons. The van der Waals surface area contributed by atoms with E-state index in [2.05, 4.69) is 60.3 Å². The number of nitrogens with zero attached hydrogens (tertiary/aromatic N) is 4. The third kappa shape index (κ3) is 8.12. The maximum absolute atomic E-state index is 12.3. The van der Waals surface area contributed by atoms with Crippen molar-refractivity contribution in [3.63, 3.8) is 0 Å². The SMILES string of the molecule is CCNC(=NCCCN1CCCC1C(=O)N(C)C)N(C)Cc1ccc(C)cc1.I.